The minimum absolute atomic E-state index is 0.343. The van der Waals surface area contributed by atoms with Gasteiger partial charge in [-0.3, -0.25) is 20.2 Å². The second kappa shape index (κ2) is 3.81. The maximum absolute atomic E-state index is 11.7. The van der Waals surface area contributed by atoms with E-state index in [0.29, 0.717) is 11.3 Å². The van der Waals surface area contributed by atoms with Crippen molar-refractivity contribution in [2.45, 2.75) is 6.18 Å². The first-order valence-electron chi connectivity index (χ1n) is 3.29. The van der Waals surface area contributed by atoms with E-state index in [9.17, 15) is 28.1 Å². The van der Waals surface area contributed by atoms with Gasteiger partial charge in [-0.15, -0.1) is 0 Å². The Morgan fingerprint density at radius 2 is 2.20 bits per heavy atom. The van der Waals surface area contributed by atoms with Gasteiger partial charge in [0.15, 0.2) is 5.13 Å². The maximum Gasteiger partial charge on any atom is 0.471 e. The number of thiazole rings is 1. The van der Waals surface area contributed by atoms with Gasteiger partial charge in [-0.25, -0.2) is 4.98 Å². The highest BCUT2D eigenvalue weighted by Gasteiger charge is 2.39. The second-order valence-corrected chi connectivity index (χ2v) is 3.22. The minimum Gasteiger partial charge on any atom is -0.294 e. The van der Waals surface area contributed by atoms with Gasteiger partial charge in [0.2, 0.25) is 0 Å². The number of halogens is 3. The van der Waals surface area contributed by atoms with Crippen LogP contribution in [0.15, 0.2) is 6.20 Å². The van der Waals surface area contributed by atoms with Crippen molar-refractivity contribution in [3.8, 4) is 0 Å². The molecule has 0 saturated heterocycles. The number of alkyl halides is 3. The van der Waals surface area contributed by atoms with E-state index < -0.39 is 27.1 Å². The van der Waals surface area contributed by atoms with Crippen LogP contribution < -0.4 is 5.32 Å². The zero-order chi connectivity index (χ0) is 11.6. The van der Waals surface area contributed by atoms with Crippen LogP contribution in [0.5, 0.6) is 0 Å². The normalized spacial score (nSPS) is 11.1. The lowest BCUT2D eigenvalue weighted by Gasteiger charge is -2.03. The molecule has 15 heavy (non-hydrogen) atoms. The number of nitro groups is 1. The first-order valence-corrected chi connectivity index (χ1v) is 4.11. The van der Waals surface area contributed by atoms with Crippen molar-refractivity contribution in [2.75, 3.05) is 5.32 Å². The molecule has 0 atom stereocenters. The standard InChI is InChI=1S/C5H2F3N3O3S/c6-5(7,8)3(12)10-4-9-1-2(15-4)11(13)14/h1H,(H,9,10,12). The van der Waals surface area contributed by atoms with Crippen molar-refractivity contribution in [2.24, 2.45) is 0 Å². The quantitative estimate of drug-likeness (QED) is 0.628. The average molecular weight is 241 g/mol. The van der Waals surface area contributed by atoms with Gasteiger partial charge in [0.05, 0.1) is 4.92 Å². The van der Waals surface area contributed by atoms with Crippen LogP contribution in [0.25, 0.3) is 0 Å². The molecule has 1 amide bonds. The molecule has 0 fully saturated rings. The molecule has 0 saturated carbocycles. The molecule has 0 aliphatic heterocycles. The van der Waals surface area contributed by atoms with Crippen LogP contribution in [0, 0.1) is 10.1 Å². The smallest absolute Gasteiger partial charge is 0.294 e. The van der Waals surface area contributed by atoms with Gasteiger partial charge in [0, 0.05) is 0 Å². The molecule has 0 aliphatic rings. The molecule has 82 valence electrons. The number of hydrogen-bond donors (Lipinski definition) is 1. The fraction of sp³-hybridized carbons (Fsp3) is 0.200. The van der Waals surface area contributed by atoms with E-state index in [2.05, 4.69) is 4.98 Å². The molecule has 1 rings (SSSR count). The maximum atomic E-state index is 11.7. The molecule has 1 N–H and O–H groups in total. The van der Waals surface area contributed by atoms with Gasteiger partial charge >= 0.3 is 17.1 Å². The zero-order valence-corrected chi connectivity index (χ0v) is 7.56. The fourth-order valence-electron chi connectivity index (χ4n) is 0.576. The van der Waals surface area contributed by atoms with Crippen LogP contribution in [-0.2, 0) is 4.79 Å². The van der Waals surface area contributed by atoms with Crippen molar-refractivity contribution in [3.63, 3.8) is 0 Å². The van der Waals surface area contributed by atoms with E-state index in [1.807, 2.05) is 0 Å². The molecular weight excluding hydrogens is 239 g/mol. The highest BCUT2D eigenvalue weighted by molar-refractivity contribution is 7.18. The largest absolute Gasteiger partial charge is 0.471 e. The Bertz CT molecular complexity index is 402. The van der Waals surface area contributed by atoms with E-state index in [1.54, 1.807) is 0 Å². The SMILES string of the molecule is O=C(Nc1ncc([N+](=O)[O-])s1)C(F)(F)F. The third kappa shape index (κ3) is 2.87. The fourth-order valence-corrected chi connectivity index (χ4v) is 1.20. The first-order chi connectivity index (χ1) is 6.80. The van der Waals surface area contributed by atoms with Crippen LogP contribution >= 0.6 is 11.3 Å². The lowest BCUT2D eigenvalue weighted by atomic mass is 10.6. The third-order valence-corrected chi connectivity index (χ3v) is 2.02. The Hall–Kier alpha value is -1.71. The Balaban J connectivity index is 2.74. The highest BCUT2D eigenvalue weighted by atomic mass is 32.1. The van der Waals surface area contributed by atoms with Crippen molar-refractivity contribution < 1.29 is 22.9 Å². The summed E-state index contributed by atoms with van der Waals surface area (Å²) in [6.45, 7) is 0. The Morgan fingerprint density at radius 3 is 2.60 bits per heavy atom. The number of hydrogen-bond acceptors (Lipinski definition) is 5. The molecule has 0 unspecified atom stereocenters. The molecule has 0 aromatic carbocycles. The van der Waals surface area contributed by atoms with Gasteiger partial charge in [-0.1, -0.05) is 0 Å². The number of nitrogens with one attached hydrogen (secondary N) is 1. The van der Waals surface area contributed by atoms with E-state index >= 15 is 0 Å². The van der Waals surface area contributed by atoms with E-state index in [-0.39, 0.29) is 0 Å². The molecule has 0 aliphatic carbocycles. The summed E-state index contributed by atoms with van der Waals surface area (Å²) in [6.07, 6.45) is -4.28. The van der Waals surface area contributed by atoms with Crippen LogP contribution in [-0.4, -0.2) is 22.0 Å². The molecule has 1 aromatic rings. The van der Waals surface area contributed by atoms with Crippen molar-refractivity contribution in [1.82, 2.24) is 4.98 Å². The topological polar surface area (TPSA) is 85.1 Å². The first kappa shape index (κ1) is 11.4. The van der Waals surface area contributed by atoms with Gasteiger partial charge in [-0.2, -0.15) is 13.2 Å². The Labute approximate surface area is 83.9 Å². The number of rotatable bonds is 2. The molecular formula is C5H2F3N3O3S. The predicted molar refractivity (Wildman–Crippen MR) is 43.5 cm³/mol. The summed E-state index contributed by atoms with van der Waals surface area (Å²) in [5, 5.41) is 10.6. The van der Waals surface area contributed by atoms with Gasteiger partial charge in [0.25, 0.3) is 0 Å². The van der Waals surface area contributed by atoms with Crippen LogP contribution in [0.2, 0.25) is 0 Å². The predicted octanol–water partition coefficient (Wildman–Crippen LogP) is 1.55. The lowest BCUT2D eigenvalue weighted by Crippen LogP contribution is -2.29. The zero-order valence-electron chi connectivity index (χ0n) is 6.74. The minimum atomic E-state index is -5.04. The molecule has 0 bridgehead atoms. The number of nitrogens with zero attached hydrogens (tertiary/aromatic N) is 2. The Kier molecular flexibility index (Phi) is 2.88. The van der Waals surface area contributed by atoms with E-state index in [4.69, 9.17) is 0 Å². The molecule has 0 radical (unpaired) electrons. The van der Waals surface area contributed by atoms with Crippen LogP contribution in [0.3, 0.4) is 0 Å². The van der Waals surface area contributed by atoms with Gasteiger partial charge in [-0.05, 0) is 11.3 Å². The van der Waals surface area contributed by atoms with E-state index in [0.717, 1.165) is 6.20 Å². The molecule has 0 spiro atoms. The summed E-state index contributed by atoms with van der Waals surface area (Å²) in [5.74, 6) is -2.22. The lowest BCUT2D eigenvalue weighted by molar-refractivity contribution is -0.380. The van der Waals surface area contributed by atoms with Crippen molar-refractivity contribution in [1.29, 1.82) is 0 Å². The van der Waals surface area contributed by atoms with Gasteiger partial charge in [0.1, 0.15) is 6.20 Å². The van der Waals surface area contributed by atoms with Gasteiger partial charge < -0.3 is 0 Å². The number of carbonyl (C=O) groups excluding carboxylic acids is 1. The molecule has 6 nitrogen and oxygen atoms in total. The number of amides is 1. The summed E-state index contributed by atoms with van der Waals surface area (Å²) in [4.78, 5) is 22.9. The van der Waals surface area contributed by atoms with Crippen LogP contribution in [0.4, 0.5) is 23.3 Å². The van der Waals surface area contributed by atoms with E-state index in [1.165, 1.54) is 5.32 Å². The number of anilines is 1. The third-order valence-electron chi connectivity index (χ3n) is 1.15. The summed E-state index contributed by atoms with van der Waals surface area (Å²) >= 11 is 0.343. The molecule has 1 heterocycles. The second-order valence-electron chi connectivity index (χ2n) is 2.21. The summed E-state index contributed by atoms with van der Waals surface area (Å²) in [7, 11) is 0. The summed E-state index contributed by atoms with van der Waals surface area (Å²) in [5.41, 5.74) is 0. The van der Waals surface area contributed by atoms with Crippen molar-refractivity contribution in [3.05, 3.63) is 16.3 Å². The van der Waals surface area contributed by atoms with Crippen LogP contribution in [0.1, 0.15) is 0 Å². The summed E-state index contributed by atoms with van der Waals surface area (Å²) in [6, 6.07) is 0. The molecule has 1 aromatic heterocycles. The number of carbonyl (C=O) groups is 1. The Morgan fingerprint density at radius 1 is 1.60 bits per heavy atom. The monoisotopic (exact) mass is 241 g/mol. The highest BCUT2D eigenvalue weighted by Crippen LogP contribution is 2.26. The molecule has 10 heteroatoms. The average Bonchev–Trinajstić information content (AvgIpc) is 2.50. The summed E-state index contributed by atoms with van der Waals surface area (Å²) < 4.78 is 35.2. The van der Waals surface area contributed by atoms with Crippen molar-refractivity contribution >= 4 is 27.4 Å². The number of aromatic nitrogens is 1.